The first-order chi connectivity index (χ1) is 20.3. The van der Waals surface area contributed by atoms with Crippen LogP contribution in [-0.2, 0) is 28.3 Å². The van der Waals surface area contributed by atoms with Gasteiger partial charge in [0.15, 0.2) is 0 Å². The van der Waals surface area contributed by atoms with Crippen LogP contribution in [0.1, 0.15) is 33.4 Å². The van der Waals surface area contributed by atoms with Gasteiger partial charge >= 0.3 is 21.7 Å². The maximum atomic E-state index is 4.95. The molecule has 9 heteroatoms. The van der Waals surface area contributed by atoms with Crippen LogP contribution in [0.5, 0.6) is 0 Å². The molecular weight excluding hydrogens is 556 g/mol. The van der Waals surface area contributed by atoms with Gasteiger partial charge in [0.1, 0.15) is 0 Å². The zero-order valence-electron chi connectivity index (χ0n) is 22.2. The Bertz CT molecular complexity index is 2080. The Hall–Kier alpha value is -5.05. The van der Waals surface area contributed by atoms with Crippen LogP contribution in [0.3, 0.4) is 0 Å². The van der Waals surface area contributed by atoms with Gasteiger partial charge in [-0.3, -0.25) is 4.99 Å². The van der Waals surface area contributed by atoms with Crippen LogP contribution < -0.4 is 4.98 Å². The fraction of sp³-hybridized carbons (Fsp3) is 0.0303. The van der Waals surface area contributed by atoms with Crippen molar-refractivity contribution < 1.29 is 21.7 Å². The molecule has 0 unspecified atom stereocenters. The summed E-state index contributed by atoms with van der Waals surface area (Å²) in [6, 6.07) is 31.9. The summed E-state index contributed by atoms with van der Waals surface area (Å²) in [7, 11) is 0. The molecule has 0 amide bonds. The van der Waals surface area contributed by atoms with E-state index in [2.05, 4.69) is 27.8 Å². The van der Waals surface area contributed by atoms with Gasteiger partial charge in [-0.1, -0.05) is 104 Å². The number of benzene rings is 4. The van der Waals surface area contributed by atoms with E-state index < -0.39 is 0 Å². The molecule has 0 spiro atoms. The minimum absolute atomic E-state index is 0. The van der Waals surface area contributed by atoms with E-state index >= 15 is 0 Å². The first-order valence-electron chi connectivity index (χ1n) is 13.2. The predicted molar refractivity (Wildman–Crippen MR) is 165 cm³/mol. The van der Waals surface area contributed by atoms with E-state index in [-0.39, 0.29) is 21.7 Å². The number of fused-ring (bicyclic) bond motifs is 4. The van der Waals surface area contributed by atoms with E-state index in [9.17, 15) is 0 Å². The molecule has 0 fully saturated rings. The molecule has 4 aromatic carbocycles. The summed E-state index contributed by atoms with van der Waals surface area (Å²) in [5.74, 6) is 4.01. The molecule has 8 rings (SSSR count). The van der Waals surface area contributed by atoms with Crippen molar-refractivity contribution in [1.29, 1.82) is 0 Å². The second-order valence-electron chi connectivity index (χ2n) is 9.70. The first kappa shape index (κ1) is 25.9. The number of hydrogen-bond acceptors (Lipinski definition) is 5. The number of aliphatic imine (C=N–C) groups is 6. The second kappa shape index (κ2) is 10.4. The normalized spacial score (nSPS) is 17.5. The molecule has 8 nitrogen and oxygen atoms in total. The van der Waals surface area contributed by atoms with Crippen LogP contribution in [0.15, 0.2) is 127 Å². The molecule has 0 radical (unpaired) electrons. The third-order valence-corrected chi connectivity index (χ3v) is 7.30. The number of amidine groups is 5. The van der Waals surface area contributed by atoms with Gasteiger partial charge in [-0.2, -0.15) is 0 Å². The van der Waals surface area contributed by atoms with Gasteiger partial charge in [-0.05, 0) is 27.5 Å². The summed E-state index contributed by atoms with van der Waals surface area (Å²) in [6.45, 7) is 4.29. The minimum Gasteiger partial charge on any atom is -0.376 e. The average Bonchev–Trinajstić information content (AvgIpc) is 3.78. The van der Waals surface area contributed by atoms with E-state index in [0.29, 0.717) is 47.4 Å². The number of rotatable bonds is 2. The Balaban J connectivity index is 0.00000288. The predicted octanol–water partition coefficient (Wildman–Crippen LogP) is 6.51. The minimum atomic E-state index is 0. The van der Waals surface area contributed by atoms with E-state index in [4.69, 9.17) is 25.3 Å². The summed E-state index contributed by atoms with van der Waals surface area (Å²) in [5.41, 5.74) is 5.77. The van der Waals surface area contributed by atoms with Crippen molar-refractivity contribution in [3.05, 3.63) is 136 Å². The van der Waals surface area contributed by atoms with Crippen molar-refractivity contribution in [2.75, 3.05) is 0 Å². The molecule has 196 valence electrons. The molecule has 0 bridgehead atoms. The standard InChI is InChI=1S/C33H20N8.Ti/c1-34-27-21-12-4-5-13-22(21)29(36-27)38-31-25-16-8-9-17-26(25)33(40-31)41-32-24-15-7-6-14-23(24)30(39-32)37-28-20-11-3-2-10-19(20)18-35-28;/h2-17H,1,18H2;/q-2;+2. The van der Waals surface area contributed by atoms with E-state index in [1.807, 2.05) is 91.0 Å². The number of aromatic nitrogens is 1. The maximum Gasteiger partial charge on any atom is 2.00 e. The largest absolute Gasteiger partial charge is 2.00 e. The van der Waals surface area contributed by atoms with Crippen molar-refractivity contribution in [3.8, 4) is 0 Å². The van der Waals surface area contributed by atoms with Crippen LogP contribution >= 0.6 is 0 Å². The molecule has 0 saturated carbocycles. The molecule has 5 aromatic rings. The number of nitrogens with zero attached hydrogens (tertiary/aromatic N) is 8. The molecule has 0 saturated heterocycles. The molecule has 4 heterocycles. The Kier molecular flexibility index (Phi) is 6.42. The van der Waals surface area contributed by atoms with Crippen LogP contribution in [-0.4, -0.2) is 35.9 Å². The van der Waals surface area contributed by atoms with E-state index in [0.717, 1.165) is 38.6 Å². The van der Waals surface area contributed by atoms with Crippen molar-refractivity contribution in [3.63, 3.8) is 0 Å². The van der Waals surface area contributed by atoms with Crippen molar-refractivity contribution in [1.82, 2.24) is 4.98 Å². The Morgan fingerprint density at radius 1 is 0.595 bits per heavy atom. The smallest absolute Gasteiger partial charge is 0.376 e. The maximum absolute atomic E-state index is 4.95. The van der Waals surface area contributed by atoms with Gasteiger partial charge in [0.25, 0.3) is 0 Å². The Morgan fingerprint density at radius 2 is 1.17 bits per heavy atom. The first-order valence-corrected chi connectivity index (χ1v) is 13.2. The quantitative estimate of drug-likeness (QED) is 0.174. The average molecular weight is 576 g/mol. The summed E-state index contributed by atoms with van der Waals surface area (Å²) in [6.07, 6.45) is 0. The second-order valence-corrected chi connectivity index (χ2v) is 9.70. The van der Waals surface area contributed by atoms with Crippen LogP contribution in [0.4, 0.5) is 11.6 Å². The molecule has 0 N–H and O–H groups in total. The Morgan fingerprint density at radius 3 is 1.88 bits per heavy atom. The zero-order chi connectivity index (χ0) is 27.3. The molecule has 42 heavy (non-hydrogen) atoms. The van der Waals surface area contributed by atoms with Crippen LogP contribution in [0, 0.1) is 0 Å². The van der Waals surface area contributed by atoms with Crippen LogP contribution in [0.25, 0.3) is 16.1 Å². The van der Waals surface area contributed by atoms with Gasteiger partial charge in [-0.15, -0.1) is 0 Å². The van der Waals surface area contributed by atoms with Crippen molar-refractivity contribution in [2.24, 2.45) is 30.0 Å². The molecule has 1 aromatic heterocycles. The molecular formula is C33H20N8Ti. The van der Waals surface area contributed by atoms with Gasteiger partial charge in [0.2, 0.25) is 0 Å². The Labute approximate surface area is 256 Å². The van der Waals surface area contributed by atoms with Gasteiger partial charge in [0, 0.05) is 40.0 Å². The SMILES string of the molecule is C=Nc1[n-]c(/N=C2\N=C(N=C3[N-]C(=NC4=NCc5ccccc54)c4ccccc43)c3ccccc32)c2ccccc12.[Ti+2]. The molecule has 0 atom stereocenters. The van der Waals surface area contributed by atoms with Crippen LogP contribution in [0.2, 0.25) is 0 Å². The third kappa shape index (κ3) is 4.20. The summed E-state index contributed by atoms with van der Waals surface area (Å²) in [5, 5.41) is 6.66. The monoisotopic (exact) mass is 576 g/mol. The van der Waals surface area contributed by atoms with Gasteiger partial charge in [0.05, 0.1) is 24.1 Å². The zero-order valence-corrected chi connectivity index (χ0v) is 23.8. The van der Waals surface area contributed by atoms with Gasteiger partial charge in [-0.25, -0.2) is 4.99 Å². The van der Waals surface area contributed by atoms with Crippen molar-refractivity contribution in [2.45, 2.75) is 6.54 Å². The third-order valence-electron chi connectivity index (χ3n) is 7.30. The fourth-order valence-corrected chi connectivity index (χ4v) is 5.35. The topological polar surface area (TPSA) is 102 Å². The van der Waals surface area contributed by atoms with E-state index in [1.54, 1.807) is 0 Å². The fourth-order valence-electron chi connectivity index (χ4n) is 5.35. The van der Waals surface area contributed by atoms with Gasteiger partial charge < -0.3 is 30.3 Å². The molecule has 0 aliphatic carbocycles. The van der Waals surface area contributed by atoms with Crippen molar-refractivity contribution >= 4 is 58.3 Å². The molecule has 3 aliphatic rings. The molecule has 3 aliphatic heterocycles. The summed E-state index contributed by atoms with van der Waals surface area (Å²) >= 11 is 0. The summed E-state index contributed by atoms with van der Waals surface area (Å²) < 4.78 is 0. The summed E-state index contributed by atoms with van der Waals surface area (Å²) in [4.78, 5) is 32.9. The number of hydrogen-bond donors (Lipinski definition) is 0. The van der Waals surface area contributed by atoms with E-state index in [1.165, 1.54) is 5.56 Å².